The minimum atomic E-state index is 0.431. The molecule has 2 aromatic rings. The maximum atomic E-state index is 5.54. The molecule has 0 saturated heterocycles. The van der Waals surface area contributed by atoms with E-state index in [1.54, 1.807) is 0 Å². The van der Waals surface area contributed by atoms with Crippen LogP contribution in [0.15, 0.2) is 21.0 Å². The first-order valence-electron chi connectivity index (χ1n) is 5.09. The average Bonchev–Trinajstić information content (AvgIpc) is 2.81. The summed E-state index contributed by atoms with van der Waals surface area (Å²) in [5, 5.41) is 4.42. The van der Waals surface area contributed by atoms with Crippen LogP contribution < -0.4 is 5.73 Å². The molecule has 0 spiro atoms. The Hall–Kier alpha value is -1.07. The Bertz CT molecular complexity index is 501. The van der Waals surface area contributed by atoms with Crippen molar-refractivity contribution in [3.8, 4) is 0 Å². The predicted molar refractivity (Wildman–Crippen MR) is 65.1 cm³/mol. The molecule has 0 bridgehead atoms. The first-order chi connectivity index (χ1) is 7.61. The molecule has 2 rings (SSSR count). The highest BCUT2D eigenvalue weighted by molar-refractivity contribution is 9.10. The number of hydrogen-bond donors (Lipinski definition) is 1. The van der Waals surface area contributed by atoms with Crippen LogP contribution >= 0.6 is 15.9 Å². The molecule has 2 aromatic heterocycles. The zero-order chi connectivity index (χ0) is 11.7. The van der Waals surface area contributed by atoms with E-state index in [2.05, 4.69) is 21.0 Å². The topological polar surface area (TPSA) is 57.0 Å². The molecule has 0 aliphatic carbocycles. The van der Waals surface area contributed by atoms with Crippen LogP contribution in [-0.4, -0.2) is 9.78 Å². The number of rotatable bonds is 3. The van der Waals surface area contributed by atoms with Crippen molar-refractivity contribution in [1.82, 2.24) is 9.78 Å². The molecule has 4 nitrogen and oxygen atoms in total. The van der Waals surface area contributed by atoms with Crippen molar-refractivity contribution in [2.45, 2.75) is 26.9 Å². The number of furan rings is 1. The fourth-order valence-electron chi connectivity index (χ4n) is 1.59. The zero-order valence-electron chi connectivity index (χ0n) is 9.33. The summed E-state index contributed by atoms with van der Waals surface area (Å²) in [4.78, 5) is 0. The largest absolute Gasteiger partial charge is 0.463 e. The maximum Gasteiger partial charge on any atom is 0.125 e. The summed E-state index contributed by atoms with van der Waals surface area (Å²) in [6.45, 7) is 5.07. The lowest BCUT2D eigenvalue weighted by Gasteiger charge is -2.01. The van der Waals surface area contributed by atoms with Gasteiger partial charge in [0.1, 0.15) is 11.5 Å². The standard InChI is InChI=1S/C11H14BrN3O/c1-7-11(12)8(2)15(14-7)6-10-4-3-9(5-13)16-10/h3-4H,5-6,13H2,1-2H3. The molecule has 0 amide bonds. The molecule has 2 N–H and O–H groups in total. The van der Waals surface area contributed by atoms with Crippen LogP contribution in [0.2, 0.25) is 0 Å². The van der Waals surface area contributed by atoms with Crippen molar-refractivity contribution in [2.24, 2.45) is 5.73 Å². The van der Waals surface area contributed by atoms with Gasteiger partial charge < -0.3 is 10.2 Å². The van der Waals surface area contributed by atoms with E-state index in [4.69, 9.17) is 10.2 Å². The van der Waals surface area contributed by atoms with E-state index < -0.39 is 0 Å². The normalized spacial score (nSPS) is 11.0. The minimum absolute atomic E-state index is 0.431. The van der Waals surface area contributed by atoms with Crippen molar-refractivity contribution < 1.29 is 4.42 Å². The fraction of sp³-hybridized carbons (Fsp3) is 0.364. The molecular weight excluding hydrogens is 270 g/mol. The van der Waals surface area contributed by atoms with Crippen LogP contribution in [0.4, 0.5) is 0 Å². The van der Waals surface area contributed by atoms with Crippen molar-refractivity contribution in [3.05, 3.63) is 39.5 Å². The third-order valence-electron chi connectivity index (χ3n) is 2.52. The van der Waals surface area contributed by atoms with Crippen molar-refractivity contribution in [1.29, 1.82) is 0 Å². The zero-order valence-corrected chi connectivity index (χ0v) is 10.9. The second kappa shape index (κ2) is 4.43. The predicted octanol–water partition coefficient (Wildman–Crippen LogP) is 2.36. The highest BCUT2D eigenvalue weighted by Crippen LogP contribution is 2.21. The molecule has 0 fully saturated rings. The number of aryl methyl sites for hydroxylation is 1. The summed E-state index contributed by atoms with van der Waals surface area (Å²) in [5.74, 6) is 1.68. The Labute approximate surface area is 103 Å². The van der Waals surface area contributed by atoms with Crippen molar-refractivity contribution in [2.75, 3.05) is 0 Å². The molecule has 0 saturated carbocycles. The van der Waals surface area contributed by atoms with E-state index in [1.165, 1.54) is 0 Å². The second-order valence-corrected chi connectivity index (χ2v) is 4.51. The summed E-state index contributed by atoms with van der Waals surface area (Å²) in [7, 11) is 0. The van der Waals surface area contributed by atoms with Gasteiger partial charge in [-0.05, 0) is 41.9 Å². The first-order valence-corrected chi connectivity index (χ1v) is 5.88. The Balaban J connectivity index is 2.23. The van der Waals surface area contributed by atoms with Gasteiger partial charge in [-0.3, -0.25) is 4.68 Å². The van der Waals surface area contributed by atoms with Gasteiger partial charge in [0.2, 0.25) is 0 Å². The average molecular weight is 284 g/mol. The smallest absolute Gasteiger partial charge is 0.125 e. The lowest BCUT2D eigenvalue weighted by molar-refractivity contribution is 0.443. The van der Waals surface area contributed by atoms with Crippen LogP contribution in [0.5, 0.6) is 0 Å². The summed E-state index contributed by atoms with van der Waals surface area (Å²) < 4.78 is 8.51. The molecule has 0 aliphatic rings. The van der Waals surface area contributed by atoms with E-state index in [-0.39, 0.29) is 0 Å². The fourth-order valence-corrected chi connectivity index (χ4v) is 1.88. The monoisotopic (exact) mass is 283 g/mol. The Kier molecular flexibility index (Phi) is 3.16. The summed E-state index contributed by atoms with van der Waals surface area (Å²) in [5.41, 5.74) is 7.58. The molecule has 0 aliphatic heterocycles. The highest BCUT2D eigenvalue weighted by atomic mass is 79.9. The van der Waals surface area contributed by atoms with Gasteiger partial charge in [0, 0.05) is 0 Å². The molecule has 16 heavy (non-hydrogen) atoms. The summed E-state index contributed by atoms with van der Waals surface area (Å²) >= 11 is 3.50. The Morgan fingerprint density at radius 2 is 2.06 bits per heavy atom. The van der Waals surface area contributed by atoms with Gasteiger partial charge in [-0.25, -0.2) is 0 Å². The second-order valence-electron chi connectivity index (χ2n) is 3.71. The maximum absolute atomic E-state index is 5.54. The van der Waals surface area contributed by atoms with E-state index in [0.717, 1.165) is 27.4 Å². The molecule has 5 heteroatoms. The molecule has 86 valence electrons. The molecule has 0 unspecified atom stereocenters. The van der Waals surface area contributed by atoms with Crippen LogP contribution in [0.1, 0.15) is 22.9 Å². The first kappa shape index (κ1) is 11.4. The molecule has 2 heterocycles. The van der Waals surface area contributed by atoms with Gasteiger partial charge in [0.25, 0.3) is 0 Å². The third kappa shape index (κ3) is 2.05. The lowest BCUT2D eigenvalue weighted by atomic mass is 10.4. The number of nitrogens with two attached hydrogens (primary N) is 1. The van der Waals surface area contributed by atoms with Gasteiger partial charge >= 0.3 is 0 Å². The quantitative estimate of drug-likeness (QED) is 0.941. The van der Waals surface area contributed by atoms with Crippen molar-refractivity contribution >= 4 is 15.9 Å². The van der Waals surface area contributed by atoms with Gasteiger partial charge in [-0.15, -0.1) is 0 Å². The van der Waals surface area contributed by atoms with Crippen LogP contribution in [0.3, 0.4) is 0 Å². The summed E-state index contributed by atoms with van der Waals surface area (Å²) in [6.07, 6.45) is 0. The Morgan fingerprint density at radius 3 is 2.56 bits per heavy atom. The Morgan fingerprint density at radius 1 is 1.38 bits per heavy atom. The molecule has 0 atom stereocenters. The van der Waals surface area contributed by atoms with Crippen LogP contribution in [0.25, 0.3) is 0 Å². The SMILES string of the molecule is Cc1nn(Cc2ccc(CN)o2)c(C)c1Br. The molecule has 0 radical (unpaired) electrons. The third-order valence-corrected chi connectivity index (χ3v) is 3.66. The van der Waals surface area contributed by atoms with E-state index in [0.29, 0.717) is 13.1 Å². The van der Waals surface area contributed by atoms with Gasteiger partial charge in [-0.2, -0.15) is 5.10 Å². The number of nitrogens with zero attached hydrogens (tertiary/aromatic N) is 2. The highest BCUT2D eigenvalue weighted by Gasteiger charge is 2.10. The van der Waals surface area contributed by atoms with Gasteiger partial charge in [0.15, 0.2) is 0 Å². The molecule has 0 aromatic carbocycles. The molecular formula is C11H14BrN3O. The number of aromatic nitrogens is 2. The number of halogens is 1. The number of hydrogen-bond acceptors (Lipinski definition) is 3. The van der Waals surface area contributed by atoms with Crippen molar-refractivity contribution in [3.63, 3.8) is 0 Å². The van der Waals surface area contributed by atoms with E-state index in [9.17, 15) is 0 Å². The van der Waals surface area contributed by atoms with E-state index in [1.807, 2.05) is 30.7 Å². The van der Waals surface area contributed by atoms with Crippen LogP contribution in [0, 0.1) is 13.8 Å². The van der Waals surface area contributed by atoms with Gasteiger partial charge in [0.05, 0.1) is 29.0 Å². The summed E-state index contributed by atoms with van der Waals surface area (Å²) in [6, 6.07) is 3.84. The lowest BCUT2D eigenvalue weighted by Crippen LogP contribution is -2.03. The van der Waals surface area contributed by atoms with Crippen LogP contribution in [-0.2, 0) is 13.1 Å². The van der Waals surface area contributed by atoms with E-state index >= 15 is 0 Å². The van der Waals surface area contributed by atoms with Gasteiger partial charge in [-0.1, -0.05) is 0 Å². The minimum Gasteiger partial charge on any atom is -0.463 e.